The lowest BCUT2D eigenvalue weighted by Gasteiger charge is -2.34. The Morgan fingerprint density at radius 2 is 1.97 bits per heavy atom. The zero-order valence-corrected chi connectivity index (χ0v) is 16.3. The van der Waals surface area contributed by atoms with Crippen molar-refractivity contribution in [2.45, 2.75) is 38.5 Å². The maximum absolute atomic E-state index is 13.6. The summed E-state index contributed by atoms with van der Waals surface area (Å²) in [6.45, 7) is 4.30. The maximum Gasteiger partial charge on any atom is 0.306 e. The lowest BCUT2D eigenvalue weighted by atomic mass is 9.70. The van der Waals surface area contributed by atoms with Crippen molar-refractivity contribution in [3.05, 3.63) is 59.7 Å². The first-order valence-corrected chi connectivity index (χ1v) is 9.94. The zero-order chi connectivity index (χ0) is 20.3. The molecule has 1 aliphatic rings. The van der Waals surface area contributed by atoms with Crippen LogP contribution >= 0.6 is 0 Å². The minimum atomic E-state index is -0.717. The van der Waals surface area contributed by atoms with Crippen molar-refractivity contribution in [3.8, 4) is 5.69 Å². The Balaban J connectivity index is 1.81. The van der Waals surface area contributed by atoms with E-state index < -0.39 is 5.97 Å². The summed E-state index contributed by atoms with van der Waals surface area (Å²) >= 11 is 0. The number of halogens is 1. The van der Waals surface area contributed by atoms with Gasteiger partial charge in [-0.25, -0.2) is 4.39 Å². The molecule has 0 atom stereocenters. The highest BCUT2D eigenvalue weighted by Crippen LogP contribution is 2.49. The Hall–Kier alpha value is -3.15. The van der Waals surface area contributed by atoms with Gasteiger partial charge in [0.15, 0.2) is 0 Å². The number of hydrogen-bond acceptors (Lipinski definition) is 2. The van der Waals surface area contributed by atoms with Crippen LogP contribution in [0, 0.1) is 11.7 Å². The maximum atomic E-state index is 13.6. The number of carbonyl (C=O) groups is 1. The summed E-state index contributed by atoms with van der Waals surface area (Å²) in [4.78, 5) is 11.4. The van der Waals surface area contributed by atoms with Gasteiger partial charge in [0.2, 0.25) is 0 Å². The number of hydrogen-bond donors (Lipinski definition) is 2. The summed E-state index contributed by atoms with van der Waals surface area (Å²) in [6.07, 6.45) is 3.10. The molecule has 1 fully saturated rings. The molecule has 0 aliphatic heterocycles. The molecule has 5 rings (SSSR count). The van der Waals surface area contributed by atoms with Gasteiger partial charge in [0.1, 0.15) is 5.82 Å². The van der Waals surface area contributed by atoms with Gasteiger partial charge in [-0.15, -0.1) is 0 Å². The lowest BCUT2D eigenvalue weighted by molar-refractivity contribution is -0.145. The molecular formula is C23H22FN3O2. The van der Waals surface area contributed by atoms with Crippen LogP contribution < -0.4 is 0 Å². The third-order valence-electron chi connectivity index (χ3n) is 6.13. The van der Waals surface area contributed by atoms with E-state index in [0.717, 1.165) is 27.5 Å². The van der Waals surface area contributed by atoms with E-state index in [4.69, 9.17) is 0 Å². The normalized spacial score (nSPS) is 19.2. The standard InChI is InChI=1S/C23H22FN3O2/c1-12(2)22-21(13-7-14(8-13)23(28)29)18-10-19-15(11-25-26-19)9-20(18)27(22)17-5-3-16(24)4-6-17/h3-6,9-14H,7-8H2,1-2H3,(H,25,26)(H,28,29)/t13-,14-. The fraction of sp³-hybridized carbons (Fsp3) is 0.304. The van der Waals surface area contributed by atoms with Crippen LogP contribution in [0.2, 0.25) is 0 Å². The number of aromatic nitrogens is 3. The van der Waals surface area contributed by atoms with Crippen molar-refractivity contribution in [2.75, 3.05) is 0 Å². The molecular weight excluding hydrogens is 369 g/mol. The molecule has 6 heteroatoms. The van der Waals surface area contributed by atoms with Crippen LogP contribution in [-0.2, 0) is 4.79 Å². The van der Waals surface area contributed by atoms with E-state index >= 15 is 0 Å². The molecule has 4 aromatic rings. The second kappa shape index (κ2) is 6.44. The van der Waals surface area contributed by atoms with Crippen molar-refractivity contribution in [1.29, 1.82) is 0 Å². The summed E-state index contributed by atoms with van der Waals surface area (Å²) < 4.78 is 15.8. The Morgan fingerprint density at radius 1 is 1.24 bits per heavy atom. The number of rotatable bonds is 4. The molecule has 29 heavy (non-hydrogen) atoms. The first-order valence-electron chi connectivity index (χ1n) is 9.94. The quantitative estimate of drug-likeness (QED) is 0.493. The van der Waals surface area contributed by atoms with Crippen LogP contribution in [-0.4, -0.2) is 25.8 Å². The minimum Gasteiger partial charge on any atom is -0.481 e. The average Bonchev–Trinajstić information content (AvgIpc) is 3.21. The van der Waals surface area contributed by atoms with Gasteiger partial charge >= 0.3 is 5.97 Å². The highest BCUT2D eigenvalue weighted by atomic mass is 19.1. The largest absolute Gasteiger partial charge is 0.481 e. The van der Waals surface area contributed by atoms with Crippen molar-refractivity contribution in [2.24, 2.45) is 5.92 Å². The van der Waals surface area contributed by atoms with E-state index in [-0.39, 0.29) is 23.6 Å². The number of benzene rings is 2. The summed E-state index contributed by atoms with van der Waals surface area (Å²) in [5.41, 5.74) is 5.29. The predicted octanol–water partition coefficient (Wildman–Crippen LogP) is 5.35. The van der Waals surface area contributed by atoms with Gasteiger partial charge in [-0.3, -0.25) is 9.89 Å². The van der Waals surface area contributed by atoms with Crippen LogP contribution in [0.5, 0.6) is 0 Å². The Bertz CT molecular complexity index is 1230. The van der Waals surface area contributed by atoms with E-state index in [9.17, 15) is 14.3 Å². The Labute approximate surface area is 167 Å². The summed E-state index contributed by atoms with van der Waals surface area (Å²) in [7, 11) is 0. The number of H-pyrrole nitrogens is 1. The second-order valence-corrected chi connectivity index (χ2v) is 8.30. The van der Waals surface area contributed by atoms with Gasteiger partial charge in [-0.1, -0.05) is 13.8 Å². The molecule has 1 aliphatic carbocycles. The number of nitrogens with one attached hydrogen (secondary N) is 1. The van der Waals surface area contributed by atoms with Crippen LogP contribution in [0.15, 0.2) is 42.6 Å². The molecule has 2 aromatic heterocycles. The number of aromatic amines is 1. The molecule has 0 unspecified atom stereocenters. The highest BCUT2D eigenvalue weighted by molar-refractivity contribution is 5.99. The number of nitrogens with zero attached hydrogens (tertiary/aromatic N) is 2. The van der Waals surface area contributed by atoms with Crippen molar-refractivity contribution >= 4 is 27.8 Å². The van der Waals surface area contributed by atoms with Gasteiger partial charge in [0.05, 0.1) is 23.1 Å². The number of fused-ring (bicyclic) bond motifs is 2. The third kappa shape index (κ3) is 2.74. The first kappa shape index (κ1) is 17.9. The Morgan fingerprint density at radius 3 is 2.62 bits per heavy atom. The van der Waals surface area contributed by atoms with Crippen molar-refractivity contribution in [3.63, 3.8) is 0 Å². The van der Waals surface area contributed by atoms with E-state index in [1.807, 2.05) is 0 Å². The molecule has 1 saturated carbocycles. The second-order valence-electron chi connectivity index (χ2n) is 8.30. The smallest absolute Gasteiger partial charge is 0.306 e. The summed E-state index contributed by atoms with van der Waals surface area (Å²) in [6, 6.07) is 10.8. The van der Waals surface area contributed by atoms with Crippen LogP contribution in [0.4, 0.5) is 4.39 Å². The van der Waals surface area contributed by atoms with Gasteiger partial charge in [-0.05, 0) is 66.6 Å². The lowest BCUT2D eigenvalue weighted by Crippen LogP contribution is -2.29. The molecule has 5 nitrogen and oxygen atoms in total. The molecule has 148 valence electrons. The minimum absolute atomic E-state index is 0.207. The predicted molar refractivity (Wildman–Crippen MR) is 110 cm³/mol. The van der Waals surface area contributed by atoms with E-state index in [0.29, 0.717) is 12.8 Å². The number of aliphatic carboxylic acids is 1. The molecule has 0 bridgehead atoms. The van der Waals surface area contributed by atoms with Crippen molar-refractivity contribution < 1.29 is 14.3 Å². The molecule has 0 spiro atoms. The van der Waals surface area contributed by atoms with E-state index in [1.54, 1.807) is 18.3 Å². The van der Waals surface area contributed by atoms with Gasteiger partial charge in [0.25, 0.3) is 0 Å². The van der Waals surface area contributed by atoms with Crippen molar-refractivity contribution in [1.82, 2.24) is 14.8 Å². The SMILES string of the molecule is CC(C)c1c([C@H]2C[C@H](C(=O)O)C2)c2cc3[nH]ncc3cc2n1-c1ccc(F)cc1. The topological polar surface area (TPSA) is 70.9 Å². The van der Waals surface area contributed by atoms with Crippen LogP contribution in [0.1, 0.15) is 49.8 Å². The fourth-order valence-corrected chi connectivity index (χ4v) is 4.69. The number of carboxylic acid groups (broad SMARTS) is 1. The summed E-state index contributed by atoms with van der Waals surface area (Å²) in [5, 5.41) is 18.7. The average molecular weight is 391 g/mol. The van der Waals surface area contributed by atoms with Crippen LogP contribution in [0.25, 0.3) is 27.5 Å². The molecule has 2 heterocycles. The Kier molecular flexibility index (Phi) is 3.98. The highest BCUT2D eigenvalue weighted by Gasteiger charge is 2.39. The molecule has 0 amide bonds. The molecule has 0 radical (unpaired) electrons. The summed E-state index contributed by atoms with van der Waals surface area (Å²) in [5.74, 6) is -0.830. The van der Waals surface area contributed by atoms with Crippen LogP contribution in [0.3, 0.4) is 0 Å². The molecule has 2 aromatic carbocycles. The first-order chi connectivity index (χ1) is 13.9. The number of carboxylic acids is 1. The van der Waals surface area contributed by atoms with E-state index in [1.165, 1.54) is 23.4 Å². The monoisotopic (exact) mass is 391 g/mol. The molecule has 0 saturated heterocycles. The third-order valence-corrected chi connectivity index (χ3v) is 6.13. The van der Waals surface area contributed by atoms with Gasteiger partial charge in [-0.2, -0.15) is 5.10 Å². The fourth-order valence-electron chi connectivity index (χ4n) is 4.69. The van der Waals surface area contributed by atoms with Gasteiger partial charge < -0.3 is 9.67 Å². The van der Waals surface area contributed by atoms with Gasteiger partial charge in [0, 0.05) is 22.2 Å². The van der Waals surface area contributed by atoms with E-state index in [2.05, 4.69) is 40.7 Å². The molecule has 2 N–H and O–H groups in total. The zero-order valence-electron chi connectivity index (χ0n) is 16.3.